The van der Waals surface area contributed by atoms with Crippen LogP contribution in [0.1, 0.15) is 17.0 Å². The summed E-state index contributed by atoms with van der Waals surface area (Å²) < 4.78 is 1.92. The number of aryl methyl sites for hydroxylation is 2. The molecule has 0 bridgehead atoms. The van der Waals surface area contributed by atoms with Crippen molar-refractivity contribution < 1.29 is 4.79 Å². The second kappa shape index (κ2) is 6.65. The molecule has 3 rings (SSSR count). The van der Waals surface area contributed by atoms with Crippen molar-refractivity contribution in [1.82, 2.24) is 15.1 Å². The number of hydrogen-bond donors (Lipinski definition) is 1. The minimum Gasteiger partial charge on any atom is -0.354 e. The number of hydrogen-bond acceptors (Lipinski definition) is 2. The average molecular weight is 307 g/mol. The maximum absolute atomic E-state index is 12.2. The summed E-state index contributed by atoms with van der Waals surface area (Å²) in [5.41, 5.74) is 3.18. The lowest BCUT2D eigenvalue weighted by Crippen LogP contribution is -2.29. The Labute approximate surface area is 136 Å². The van der Waals surface area contributed by atoms with E-state index in [1.807, 2.05) is 48.9 Å². The van der Waals surface area contributed by atoms with E-state index in [1.54, 1.807) is 0 Å². The van der Waals surface area contributed by atoms with Gasteiger partial charge in [-0.1, -0.05) is 42.5 Å². The number of benzene rings is 2. The Morgan fingerprint density at radius 1 is 1.13 bits per heavy atom. The first-order chi connectivity index (χ1) is 11.1. The predicted molar refractivity (Wildman–Crippen MR) is 92.4 cm³/mol. The number of nitrogens with zero attached hydrogens (tertiary/aromatic N) is 2. The van der Waals surface area contributed by atoms with Crippen molar-refractivity contribution in [1.29, 1.82) is 0 Å². The summed E-state index contributed by atoms with van der Waals surface area (Å²) in [5, 5.41) is 9.69. The summed E-state index contributed by atoms with van der Waals surface area (Å²) in [6, 6.07) is 16.3. The summed E-state index contributed by atoms with van der Waals surface area (Å²) in [7, 11) is 0. The van der Waals surface area contributed by atoms with Gasteiger partial charge in [-0.2, -0.15) is 5.10 Å². The second-order valence-electron chi connectivity index (χ2n) is 5.82. The largest absolute Gasteiger partial charge is 0.354 e. The Balaban J connectivity index is 1.60. The first kappa shape index (κ1) is 15.3. The number of carbonyl (C=O) groups is 1. The van der Waals surface area contributed by atoms with Gasteiger partial charge in [0.1, 0.15) is 0 Å². The standard InChI is InChI=1S/C19H21N3O/c1-14-12-15(2)22(21-14)11-10-20-19(23)13-17-8-5-7-16-6-3-4-9-18(16)17/h3-9,12H,10-11,13H2,1-2H3,(H,20,23). The smallest absolute Gasteiger partial charge is 0.224 e. The third-order valence-corrected chi connectivity index (χ3v) is 3.98. The summed E-state index contributed by atoms with van der Waals surface area (Å²) in [6.45, 7) is 5.28. The van der Waals surface area contributed by atoms with Crippen LogP contribution in [-0.4, -0.2) is 22.2 Å². The Morgan fingerprint density at radius 2 is 1.91 bits per heavy atom. The average Bonchev–Trinajstić information content (AvgIpc) is 2.85. The van der Waals surface area contributed by atoms with Gasteiger partial charge < -0.3 is 5.32 Å². The van der Waals surface area contributed by atoms with Gasteiger partial charge in [0, 0.05) is 12.2 Å². The third kappa shape index (κ3) is 3.59. The SMILES string of the molecule is Cc1cc(C)n(CCNC(=O)Cc2cccc3ccccc23)n1. The van der Waals surface area contributed by atoms with Crippen LogP contribution < -0.4 is 5.32 Å². The molecular weight excluding hydrogens is 286 g/mol. The van der Waals surface area contributed by atoms with Gasteiger partial charge >= 0.3 is 0 Å². The van der Waals surface area contributed by atoms with Crippen molar-refractivity contribution in [2.45, 2.75) is 26.8 Å². The van der Waals surface area contributed by atoms with E-state index in [-0.39, 0.29) is 5.91 Å². The van der Waals surface area contributed by atoms with Gasteiger partial charge in [0.25, 0.3) is 0 Å². The normalized spacial score (nSPS) is 10.9. The van der Waals surface area contributed by atoms with Gasteiger partial charge in [-0.15, -0.1) is 0 Å². The number of carbonyl (C=O) groups excluding carboxylic acids is 1. The fourth-order valence-corrected chi connectivity index (χ4v) is 2.88. The van der Waals surface area contributed by atoms with Gasteiger partial charge in [0.05, 0.1) is 18.7 Å². The van der Waals surface area contributed by atoms with Gasteiger partial charge in [0.15, 0.2) is 0 Å². The molecule has 0 unspecified atom stereocenters. The molecule has 4 heteroatoms. The van der Waals surface area contributed by atoms with E-state index in [9.17, 15) is 4.79 Å². The summed E-state index contributed by atoms with van der Waals surface area (Å²) in [6.07, 6.45) is 0.401. The van der Waals surface area contributed by atoms with E-state index in [2.05, 4.69) is 28.6 Å². The summed E-state index contributed by atoms with van der Waals surface area (Å²) in [5.74, 6) is 0.0443. The lowest BCUT2D eigenvalue weighted by Gasteiger charge is -2.09. The Kier molecular flexibility index (Phi) is 4.42. The molecule has 0 aliphatic heterocycles. The monoisotopic (exact) mass is 307 g/mol. The molecule has 3 aromatic rings. The molecule has 23 heavy (non-hydrogen) atoms. The highest BCUT2D eigenvalue weighted by atomic mass is 16.1. The third-order valence-electron chi connectivity index (χ3n) is 3.98. The fourth-order valence-electron chi connectivity index (χ4n) is 2.88. The van der Waals surface area contributed by atoms with Crippen molar-refractivity contribution in [3.63, 3.8) is 0 Å². The second-order valence-corrected chi connectivity index (χ2v) is 5.82. The Morgan fingerprint density at radius 3 is 2.70 bits per heavy atom. The lowest BCUT2D eigenvalue weighted by molar-refractivity contribution is -0.120. The topological polar surface area (TPSA) is 46.9 Å². The minimum absolute atomic E-state index is 0.0443. The Bertz CT molecular complexity index is 830. The van der Waals surface area contributed by atoms with Crippen LogP contribution in [0.25, 0.3) is 10.8 Å². The van der Waals surface area contributed by atoms with Gasteiger partial charge in [-0.05, 0) is 36.2 Å². The molecule has 1 amide bonds. The zero-order chi connectivity index (χ0) is 16.2. The van der Waals surface area contributed by atoms with E-state index in [0.717, 1.165) is 22.3 Å². The maximum atomic E-state index is 12.2. The van der Waals surface area contributed by atoms with Gasteiger partial charge in [-0.25, -0.2) is 0 Å². The molecule has 0 atom stereocenters. The van der Waals surface area contributed by atoms with E-state index in [1.165, 1.54) is 5.39 Å². The highest BCUT2D eigenvalue weighted by Gasteiger charge is 2.07. The fraction of sp³-hybridized carbons (Fsp3) is 0.263. The van der Waals surface area contributed by atoms with Crippen LogP contribution in [-0.2, 0) is 17.8 Å². The molecule has 0 saturated carbocycles. The molecule has 1 aromatic heterocycles. The van der Waals surface area contributed by atoms with Crippen molar-refractivity contribution in [3.05, 3.63) is 65.5 Å². The molecule has 1 heterocycles. The van der Waals surface area contributed by atoms with E-state index in [4.69, 9.17) is 0 Å². The minimum atomic E-state index is 0.0443. The predicted octanol–water partition coefficient (Wildman–Crippen LogP) is 3.01. The summed E-state index contributed by atoms with van der Waals surface area (Å²) in [4.78, 5) is 12.2. The van der Waals surface area contributed by atoms with Crippen LogP contribution in [0.15, 0.2) is 48.5 Å². The number of nitrogens with one attached hydrogen (secondary N) is 1. The van der Waals surface area contributed by atoms with Crippen LogP contribution >= 0.6 is 0 Å². The lowest BCUT2D eigenvalue weighted by atomic mass is 10.0. The van der Waals surface area contributed by atoms with Crippen LogP contribution in [0.4, 0.5) is 0 Å². The van der Waals surface area contributed by atoms with Crippen molar-refractivity contribution in [2.75, 3.05) is 6.54 Å². The molecule has 4 nitrogen and oxygen atoms in total. The zero-order valence-corrected chi connectivity index (χ0v) is 13.5. The number of rotatable bonds is 5. The molecular formula is C19H21N3O. The molecule has 0 radical (unpaired) electrons. The van der Waals surface area contributed by atoms with Crippen LogP contribution in [0.3, 0.4) is 0 Å². The number of amides is 1. The molecule has 0 spiro atoms. The number of aromatic nitrogens is 2. The zero-order valence-electron chi connectivity index (χ0n) is 13.5. The first-order valence-electron chi connectivity index (χ1n) is 7.88. The van der Waals surface area contributed by atoms with Crippen LogP contribution in [0, 0.1) is 13.8 Å². The van der Waals surface area contributed by atoms with Gasteiger partial charge in [-0.3, -0.25) is 9.48 Å². The van der Waals surface area contributed by atoms with E-state index < -0.39 is 0 Å². The summed E-state index contributed by atoms with van der Waals surface area (Å²) >= 11 is 0. The molecule has 1 N–H and O–H groups in total. The van der Waals surface area contributed by atoms with Crippen molar-refractivity contribution in [2.24, 2.45) is 0 Å². The van der Waals surface area contributed by atoms with E-state index in [0.29, 0.717) is 19.5 Å². The highest BCUT2D eigenvalue weighted by molar-refractivity contribution is 5.90. The number of fused-ring (bicyclic) bond motifs is 1. The molecule has 0 fully saturated rings. The molecule has 118 valence electrons. The van der Waals surface area contributed by atoms with Gasteiger partial charge in [0.2, 0.25) is 5.91 Å². The molecule has 0 aliphatic rings. The Hall–Kier alpha value is -2.62. The van der Waals surface area contributed by atoms with Crippen LogP contribution in [0.5, 0.6) is 0 Å². The molecule has 0 aliphatic carbocycles. The van der Waals surface area contributed by atoms with Crippen LogP contribution in [0.2, 0.25) is 0 Å². The van der Waals surface area contributed by atoms with Crippen molar-refractivity contribution >= 4 is 16.7 Å². The maximum Gasteiger partial charge on any atom is 0.224 e. The van der Waals surface area contributed by atoms with E-state index >= 15 is 0 Å². The van der Waals surface area contributed by atoms with Crippen molar-refractivity contribution in [3.8, 4) is 0 Å². The quantitative estimate of drug-likeness (QED) is 0.787. The molecule has 0 saturated heterocycles. The molecule has 2 aromatic carbocycles. The highest BCUT2D eigenvalue weighted by Crippen LogP contribution is 2.18. The first-order valence-corrected chi connectivity index (χ1v) is 7.88.